The smallest absolute Gasteiger partial charge is 0.145 e. The summed E-state index contributed by atoms with van der Waals surface area (Å²) >= 11 is 0. The van der Waals surface area contributed by atoms with Crippen LogP contribution in [0.4, 0.5) is 0 Å². The predicted octanol–water partition coefficient (Wildman–Crippen LogP) is 3.55. The van der Waals surface area contributed by atoms with Crippen molar-refractivity contribution in [2.75, 3.05) is 6.61 Å². The SMILES string of the molecule is OC(COc1cccc2cccnc12)C1CCCCC1. The van der Waals surface area contributed by atoms with Gasteiger partial charge in [0.2, 0.25) is 0 Å². The molecule has 3 nitrogen and oxygen atoms in total. The van der Waals surface area contributed by atoms with Gasteiger partial charge in [0, 0.05) is 11.6 Å². The van der Waals surface area contributed by atoms with Gasteiger partial charge in [-0.2, -0.15) is 0 Å². The maximum atomic E-state index is 10.3. The summed E-state index contributed by atoms with van der Waals surface area (Å²) in [5.74, 6) is 1.16. The monoisotopic (exact) mass is 271 g/mol. The summed E-state index contributed by atoms with van der Waals surface area (Å²) in [6.45, 7) is 0.361. The predicted molar refractivity (Wildman–Crippen MR) is 79.8 cm³/mol. The van der Waals surface area contributed by atoms with E-state index in [1.807, 2.05) is 30.3 Å². The van der Waals surface area contributed by atoms with Crippen LogP contribution in [-0.2, 0) is 0 Å². The highest BCUT2D eigenvalue weighted by Crippen LogP contribution is 2.28. The Hall–Kier alpha value is -1.61. The third-order valence-corrected chi connectivity index (χ3v) is 4.20. The first-order valence-electron chi connectivity index (χ1n) is 7.49. The molecule has 0 aliphatic heterocycles. The number of hydrogen-bond donors (Lipinski definition) is 1. The number of hydrogen-bond acceptors (Lipinski definition) is 3. The molecule has 0 saturated heterocycles. The second-order valence-electron chi connectivity index (χ2n) is 5.61. The molecule has 1 heterocycles. The molecule has 1 atom stereocenters. The molecule has 3 rings (SSSR count). The number of para-hydroxylation sites is 1. The van der Waals surface area contributed by atoms with Gasteiger partial charge in [-0.1, -0.05) is 37.5 Å². The lowest BCUT2D eigenvalue weighted by molar-refractivity contribution is 0.0418. The van der Waals surface area contributed by atoms with Gasteiger partial charge in [-0.25, -0.2) is 0 Å². The fraction of sp³-hybridized carbons (Fsp3) is 0.471. The average Bonchev–Trinajstić information content (AvgIpc) is 2.53. The van der Waals surface area contributed by atoms with Crippen molar-refractivity contribution < 1.29 is 9.84 Å². The van der Waals surface area contributed by atoms with Gasteiger partial charge in [0.05, 0.1) is 6.10 Å². The lowest BCUT2D eigenvalue weighted by atomic mass is 9.85. The Kier molecular flexibility index (Phi) is 4.16. The molecule has 1 saturated carbocycles. The van der Waals surface area contributed by atoms with Crippen LogP contribution in [0.5, 0.6) is 5.75 Å². The maximum absolute atomic E-state index is 10.3. The van der Waals surface area contributed by atoms with E-state index in [2.05, 4.69) is 4.98 Å². The zero-order chi connectivity index (χ0) is 13.8. The minimum atomic E-state index is -0.366. The third kappa shape index (κ3) is 2.93. The molecule has 0 bridgehead atoms. The van der Waals surface area contributed by atoms with Crippen molar-refractivity contribution >= 4 is 10.9 Å². The summed E-state index contributed by atoms with van der Waals surface area (Å²) in [5.41, 5.74) is 0.867. The van der Waals surface area contributed by atoms with Crippen LogP contribution in [0.2, 0.25) is 0 Å². The molecule has 1 aliphatic rings. The third-order valence-electron chi connectivity index (χ3n) is 4.20. The van der Waals surface area contributed by atoms with Gasteiger partial charge in [-0.3, -0.25) is 4.98 Å². The first-order chi connectivity index (χ1) is 9.84. The van der Waals surface area contributed by atoms with Gasteiger partial charge < -0.3 is 9.84 Å². The summed E-state index contributed by atoms with van der Waals surface area (Å²) < 4.78 is 5.82. The van der Waals surface area contributed by atoms with E-state index in [9.17, 15) is 5.11 Å². The number of rotatable bonds is 4. The van der Waals surface area contributed by atoms with Crippen LogP contribution >= 0.6 is 0 Å². The second kappa shape index (κ2) is 6.23. The Balaban J connectivity index is 1.67. The molecule has 1 aromatic carbocycles. The normalized spacial score (nSPS) is 18.1. The van der Waals surface area contributed by atoms with Crippen LogP contribution in [0.1, 0.15) is 32.1 Å². The van der Waals surface area contributed by atoms with E-state index < -0.39 is 0 Å². The molecule has 3 heteroatoms. The van der Waals surface area contributed by atoms with E-state index in [4.69, 9.17) is 4.74 Å². The topological polar surface area (TPSA) is 42.4 Å². The lowest BCUT2D eigenvalue weighted by Crippen LogP contribution is -2.28. The van der Waals surface area contributed by atoms with Gasteiger partial charge in [-0.15, -0.1) is 0 Å². The minimum absolute atomic E-state index is 0.361. The molecule has 1 N–H and O–H groups in total. The second-order valence-corrected chi connectivity index (χ2v) is 5.61. The number of pyridine rings is 1. The molecule has 106 valence electrons. The van der Waals surface area contributed by atoms with E-state index in [1.54, 1.807) is 6.20 Å². The van der Waals surface area contributed by atoms with Gasteiger partial charge in [0.15, 0.2) is 0 Å². The summed E-state index contributed by atoms with van der Waals surface area (Å²) in [5, 5.41) is 11.3. The number of aliphatic hydroxyl groups is 1. The van der Waals surface area contributed by atoms with E-state index >= 15 is 0 Å². The Morgan fingerprint density at radius 3 is 2.80 bits per heavy atom. The van der Waals surface area contributed by atoms with Crippen LogP contribution < -0.4 is 4.74 Å². The zero-order valence-electron chi connectivity index (χ0n) is 11.7. The van der Waals surface area contributed by atoms with Crippen molar-refractivity contribution in [1.82, 2.24) is 4.98 Å². The van der Waals surface area contributed by atoms with E-state index in [1.165, 1.54) is 19.3 Å². The van der Waals surface area contributed by atoms with Crippen molar-refractivity contribution in [3.63, 3.8) is 0 Å². The van der Waals surface area contributed by atoms with Gasteiger partial charge >= 0.3 is 0 Å². The first kappa shape index (κ1) is 13.4. The van der Waals surface area contributed by atoms with Crippen molar-refractivity contribution in [3.05, 3.63) is 36.5 Å². The van der Waals surface area contributed by atoms with Crippen LogP contribution in [0, 0.1) is 5.92 Å². The number of fused-ring (bicyclic) bond motifs is 1. The summed E-state index contributed by atoms with van der Waals surface area (Å²) in [4.78, 5) is 4.36. The van der Waals surface area contributed by atoms with Crippen molar-refractivity contribution in [1.29, 1.82) is 0 Å². The van der Waals surface area contributed by atoms with Crippen LogP contribution in [-0.4, -0.2) is 22.8 Å². The van der Waals surface area contributed by atoms with Crippen LogP contribution in [0.15, 0.2) is 36.5 Å². The largest absolute Gasteiger partial charge is 0.489 e. The molecule has 0 amide bonds. The van der Waals surface area contributed by atoms with E-state index in [0.717, 1.165) is 29.5 Å². The molecule has 20 heavy (non-hydrogen) atoms. The maximum Gasteiger partial charge on any atom is 0.145 e. The standard InChI is InChI=1S/C17H21NO2/c19-15(13-6-2-1-3-7-13)12-20-16-10-4-8-14-9-5-11-18-17(14)16/h4-5,8-11,13,15,19H,1-3,6-7,12H2. The summed E-state index contributed by atoms with van der Waals surface area (Å²) in [6.07, 6.45) is 7.42. The molecule has 1 fully saturated rings. The average molecular weight is 271 g/mol. The molecule has 0 spiro atoms. The summed E-state index contributed by atoms with van der Waals surface area (Å²) in [6, 6.07) is 9.85. The van der Waals surface area contributed by atoms with Gasteiger partial charge in [0.1, 0.15) is 17.9 Å². The van der Waals surface area contributed by atoms with Gasteiger partial charge in [0.25, 0.3) is 0 Å². The first-order valence-corrected chi connectivity index (χ1v) is 7.49. The molecule has 2 aromatic rings. The Bertz CT molecular complexity index is 558. The molecule has 1 aliphatic carbocycles. The highest BCUT2D eigenvalue weighted by molar-refractivity contribution is 5.84. The zero-order valence-corrected chi connectivity index (χ0v) is 11.7. The number of benzene rings is 1. The Labute approximate surface area is 119 Å². The van der Waals surface area contributed by atoms with Crippen LogP contribution in [0.3, 0.4) is 0 Å². The van der Waals surface area contributed by atoms with E-state index in [0.29, 0.717) is 12.5 Å². The molecule has 1 aromatic heterocycles. The van der Waals surface area contributed by atoms with Crippen molar-refractivity contribution in [2.24, 2.45) is 5.92 Å². The van der Waals surface area contributed by atoms with Crippen molar-refractivity contribution in [2.45, 2.75) is 38.2 Å². The molecular weight excluding hydrogens is 250 g/mol. The highest BCUT2D eigenvalue weighted by Gasteiger charge is 2.22. The fourth-order valence-corrected chi connectivity index (χ4v) is 3.02. The van der Waals surface area contributed by atoms with Gasteiger partial charge in [-0.05, 0) is 30.9 Å². The van der Waals surface area contributed by atoms with E-state index in [-0.39, 0.29) is 6.10 Å². The number of ether oxygens (including phenoxy) is 1. The molecule has 1 unspecified atom stereocenters. The highest BCUT2D eigenvalue weighted by atomic mass is 16.5. The fourth-order valence-electron chi connectivity index (χ4n) is 3.02. The number of nitrogens with zero attached hydrogens (tertiary/aromatic N) is 1. The molecular formula is C17H21NO2. The number of aromatic nitrogens is 1. The lowest BCUT2D eigenvalue weighted by Gasteiger charge is -2.26. The number of aliphatic hydroxyl groups excluding tert-OH is 1. The molecule has 0 radical (unpaired) electrons. The Morgan fingerprint density at radius 2 is 1.95 bits per heavy atom. The van der Waals surface area contributed by atoms with Crippen molar-refractivity contribution in [3.8, 4) is 5.75 Å². The quantitative estimate of drug-likeness (QED) is 0.924. The minimum Gasteiger partial charge on any atom is -0.489 e. The Morgan fingerprint density at radius 1 is 1.15 bits per heavy atom. The summed E-state index contributed by atoms with van der Waals surface area (Å²) in [7, 11) is 0. The van der Waals surface area contributed by atoms with Crippen LogP contribution in [0.25, 0.3) is 10.9 Å².